The van der Waals surface area contributed by atoms with Crippen LogP contribution >= 0.6 is 11.3 Å². The summed E-state index contributed by atoms with van der Waals surface area (Å²) >= 11 is 1.37. The highest BCUT2D eigenvalue weighted by molar-refractivity contribution is 7.13. The molecule has 1 aliphatic rings. The third-order valence-electron chi connectivity index (χ3n) is 3.89. The van der Waals surface area contributed by atoms with Crippen LogP contribution in [0.4, 0.5) is 5.13 Å². The van der Waals surface area contributed by atoms with E-state index < -0.39 is 6.04 Å². The molecule has 1 aromatic heterocycles. The van der Waals surface area contributed by atoms with Crippen LogP contribution in [0.3, 0.4) is 0 Å². The van der Waals surface area contributed by atoms with E-state index in [0.29, 0.717) is 5.13 Å². The van der Waals surface area contributed by atoms with Crippen molar-refractivity contribution in [2.45, 2.75) is 52.0 Å². The number of anilines is 1. The molecule has 1 fully saturated rings. The smallest absolute Gasteiger partial charge is 0.248 e. The van der Waals surface area contributed by atoms with Gasteiger partial charge in [-0.05, 0) is 18.8 Å². The van der Waals surface area contributed by atoms with Gasteiger partial charge in [0, 0.05) is 17.5 Å². The Labute approximate surface area is 129 Å². The van der Waals surface area contributed by atoms with Crippen LogP contribution in [0.15, 0.2) is 11.6 Å². The fourth-order valence-corrected chi connectivity index (χ4v) is 3.17. The van der Waals surface area contributed by atoms with Crippen LogP contribution < -0.4 is 10.6 Å². The third-order valence-corrected chi connectivity index (χ3v) is 4.57. The van der Waals surface area contributed by atoms with E-state index in [-0.39, 0.29) is 23.7 Å². The van der Waals surface area contributed by atoms with E-state index >= 15 is 0 Å². The molecule has 0 spiro atoms. The second-order valence-corrected chi connectivity index (χ2v) is 6.79. The van der Waals surface area contributed by atoms with Crippen molar-refractivity contribution in [3.8, 4) is 0 Å². The lowest BCUT2D eigenvalue weighted by atomic mass is 9.88. The summed E-state index contributed by atoms with van der Waals surface area (Å²) in [6.07, 6.45) is 6.94. The molecular weight excluding hydrogens is 286 g/mol. The number of carbonyl (C=O) groups is 2. The van der Waals surface area contributed by atoms with Gasteiger partial charge in [-0.3, -0.25) is 9.59 Å². The van der Waals surface area contributed by atoms with Gasteiger partial charge in [-0.1, -0.05) is 33.1 Å². The first-order valence-corrected chi connectivity index (χ1v) is 8.46. The molecule has 5 nitrogen and oxygen atoms in total. The molecule has 6 heteroatoms. The zero-order chi connectivity index (χ0) is 15.2. The third kappa shape index (κ3) is 4.52. The SMILES string of the molecule is CC(C)[C@@H](NC(=O)C1CCCCC1)C(=O)Nc1nccs1. The first-order chi connectivity index (χ1) is 10.1. The summed E-state index contributed by atoms with van der Waals surface area (Å²) in [7, 11) is 0. The van der Waals surface area contributed by atoms with Crippen molar-refractivity contribution in [2.75, 3.05) is 5.32 Å². The normalized spacial score (nSPS) is 17.5. The van der Waals surface area contributed by atoms with Crippen molar-refractivity contribution < 1.29 is 9.59 Å². The van der Waals surface area contributed by atoms with Crippen LogP contribution in [0.25, 0.3) is 0 Å². The van der Waals surface area contributed by atoms with Crippen molar-refractivity contribution >= 4 is 28.3 Å². The van der Waals surface area contributed by atoms with Crippen molar-refractivity contribution in [1.29, 1.82) is 0 Å². The van der Waals surface area contributed by atoms with Crippen molar-refractivity contribution in [3.05, 3.63) is 11.6 Å². The first kappa shape index (κ1) is 15.9. The van der Waals surface area contributed by atoms with Gasteiger partial charge in [0.05, 0.1) is 0 Å². The quantitative estimate of drug-likeness (QED) is 0.878. The summed E-state index contributed by atoms with van der Waals surface area (Å²) in [5.41, 5.74) is 0. The van der Waals surface area contributed by atoms with E-state index in [0.717, 1.165) is 25.7 Å². The van der Waals surface area contributed by atoms with Crippen molar-refractivity contribution in [1.82, 2.24) is 10.3 Å². The van der Waals surface area contributed by atoms with Gasteiger partial charge in [0.2, 0.25) is 11.8 Å². The van der Waals surface area contributed by atoms with E-state index in [2.05, 4.69) is 15.6 Å². The standard InChI is InChI=1S/C15H23N3O2S/c1-10(2)12(14(20)18-15-16-8-9-21-15)17-13(19)11-6-4-3-5-7-11/h8-12H,3-7H2,1-2H3,(H,17,19)(H,16,18,20)/t12-/m1/s1. The number of nitrogens with zero attached hydrogens (tertiary/aromatic N) is 1. The van der Waals surface area contributed by atoms with E-state index in [1.54, 1.807) is 11.6 Å². The van der Waals surface area contributed by atoms with Gasteiger partial charge >= 0.3 is 0 Å². The van der Waals surface area contributed by atoms with Crippen molar-refractivity contribution in [3.63, 3.8) is 0 Å². The van der Waals surface area contributed by atoms with E-state index in [1.807, 2.05) is 13.8 Å². The Kier molecular flexibility index (Phi) is 5.73. The Morgan fingerprint density at radius 2 is 2.00 bits per heavy atom. The molecule has 1 aliphatic carbocycles. The second kappa shape index (κ2) is 7.54. The van der Waals surface area contributed by atoms with E-state index in [4.69, 9.17) is 0 Å². The van der Waals surface area contributed by atoms with Gasteiger partial charge < -0.3 is 10.6 Å². The molecule has 2 amide bonds. The van der Waals surface area contributed by atoms with Gasteiger partial charge in [-0.2, -0.15) is 0 Å². The number of thiazole rings is 1. The van der Waals surface area contributed by atoms with E-state index in [1.165, 1.54) is 17.8 Å². The summed E-state index contributed by atoms with van der Waals surface area (Å²) in [5.74, 6) is -0.0723. The molecule has 0 aromatic carbocycles. The second-order valence-electron chi connectivity index (χ2n) is 5.89. The summed E-state index contributed by atoms with van der Waals surface area (Å²) in [6.45, 7) is 3.88. The Bertz CT molecular complexity index is 467. The molecule has 0 unspecified atom stereocenters. The number of amides is 2. The van der Waals surface area contributed by atoms with Gasteiger partial charge in [0.1, 0.15) is 6.04 Å². The maximum absolute atomic E-state index is 12.3. The van der Waals surface area contributed by atoms with Crippen LogP contribution in [0, 0.1) is 11.8 Å². The molecule has 116 valence electrons. The molecule has 0 aliphatic heterocycles. The molecule has 0 radical (unpaired) electrons. The predicted octanol–water partition coefficient (Wildman–Crippen LogP) is 2.80. The van der Waals surface area contributed by atoms with Gasteiger partial charge in [-0.25, -0.2) is 4.98 Å². The van der Waals surface area contributed by atoms with E-state index in [9.17, 15) is 9.59 Å². The zero-order valence-corrected chi connectivity index (χ0v) is 13.4. The maximum atomic E-state index is 12.3. The van der Waals surface area contributed by atoms with Crippen molar-refractivity contribution in [2.24, 2.45) is 11.8 Å². The number of aromatic nitrogens is 1. The lowest BCUT2D eigenvalue weighted by Gasteiger charge is -2.26. The zero-order valence-electron chi connectivity index (χ0n) is 12.6. The van der Waals surface area contributed by atoms with Gasteiger partial charge in [0.15, 0.2) is 5.13 Å². The molecule has 21 heavy (non-hydrogen) atoms. The molecule has 0 saturated heterocycles. The lowest BCUT2D eigenvalue weighted by molar-refractivity contribution is -0.130. The summed E-state index contributed by atoms with van der Waals surface area (Å²) < 4.78 is 0. The summed E-state index contributed by atoms with van der Waals surface area (Å²) in [5, 5.41) is 8.06. The fraction of sp³-hybridized carbons (Fsp3) is 0.667. The highest BCUT2D eigenvalue weighted by Crippen LogP contribution is 2.24. The minimum atomic E-state index is -0.511. The Balaban J connectivity index is 1.94. The average molecular weight is 309 g/mol. The molecular formula is C15H23N3O2S. The fourth-order valence-electron chi connectivity index (χ4n) is 2.64. The number of hydrogen-bond acceptors (Lipinski definition) is 4. The Morgan fingerprint density at radius 1 is 1.29 bits per heavy atom. The highest BCUT2D eigenvalue weighted by Gasteiger charge is 2.28. The number of hydrogen-bond donors (Lipinski definition) is 2. The van der Waals surface area contributed by atoms with Crippen LogP contribution in [-0.4, -0.2) is 22.8 Å². The molecule has 0 bridgehead atoms. The van der Waals surface area contributed by atoms with Crippen LogP contribution in [0.5, 0.6) is 0 Å². The minimum absolute atomic E-state index is 0.0164. The molecule has 2 rings (SSSR count). The average Bonchev–Trinajstić information content (AvgIpc) is 2.97. The molecule has 1 atom stereocenters. The number of rotatable bonds is 5. The lowest BCUT2D eigenvalue weighted by Crippen LogP contribution is -2.49. The van der Waals surface area contributed by atoms with Crippen LogP contribution in [0.2, 0.25) is 0 Å². The Morgan fingerprint density at radius 3 is 2.57 bits per heavy atom. The largest absolute Gasteiger partial charge is 0.344 e. The van der Waals surface area contributed by atoms with Gasteiger partial charge in [-0.15, -0.1) is 11.3 Å². The summed E-state index contributed by atoms with van der Waals surface area (Å²) in [6, 6.07) is -0.511. The predicted molar refractivity (Wildman–Crippen MR) is 84.1 cm³/mol. The molecule has 2 N–H and O–H groups in total. The summed E-state index contributed by atoms with van der Waals surface area (Å²) in [4.78, 5) is 28.7. The highest BCUT2D eigenvalue weighted by atomic mass is 32.1. The molecule has 1 heterocycles. The molecule has 1 saturated carbocycles. The minimum Gasteiger partial charge on any atom is -0.344 e. The monoisotopic (exact) mass is 309 g/mol. The van der Waals surface area contributed by atoms with Crippen LogP contribution in [0.1, 0.15) is 46.0 Å². The Hall–Kier alpha value is -1.43. The topological polar surface area (TPSA) is 71.1 Å². The number of carbonyl (C=O) groups excluding carboxylic acids is 2. The maximum Gasteiger partial charge on any atom is 0.248 e. The number of nitrogens with one attached hydrogen (secondary N) is 2. The molecule has 1 aromatic rings. The first-order valence-electron chi connectivity index (χ1n) is 7.58. The van der Waals surface area contributed by atoms with Crippen LogP contribution in [-0.2, 0) is 9.59 Å². The van der Waals surface area contributed by atoms with Gasteiger partial charge in [0.25, 0.3) is 0 Å².